The van der Waals surface area contributed by atoms with Crippen molar-refractivity contribution in [2.24, 2.45) is 0 Å². The summed E-state index contributed by atoms with van der Waals surface area (Å²) in [6.07, 6.45) is 1.14. The van der Waals surface area contributed by atoms with E-state index >= 15 is 0 Å². The summed E-state index contributed by atoms with van der Waals surface area (Å²) in [6, 6.07) is 12.0. The van der Waals surface area contributed by atoms with E-state index in [9.17, 15) is 21.6 Å². The number of benzene rings is 2. The monoisotopic (exact) mass is 409 g/mol. The van der Waals surface area contributed by atoms with E-state index in [0.717, 1.165) is 11.8 Å². The van der Waals surface area contributed by atoms with Gasteiger partial charge in [0.1, 0.15) is 0 Å². The van der Waals surface area contributed by atoms with E-state index in [4.69, 9.17) is 0 Å². The average molecular weight is 410 g/mol. The Kier molecular flexibility index (Phi) is 6.11. The van der Waals surface area contributed by atoms with Crippen molar-refractivity contribution in [2.75, 3.05) is 19.1 Å². The average Bonchev–Trinajstić information content (AvgIpc) is 2.65. The minimum Gasteiger partial charge on any atom is -0.335 e. The number of amides is 1. The van der Waals surface area contributed by atoms with Crippen molar-refractivity contribution in [1.29, 1.82) is 0 Å². The van der Waals surface area contributed by atoms with Crippen LogP contribution in [-0.2, 0) is 19.7 Å². The minimum atomic E-state index is -3.31. The Morgan fingerprint density at radius 3 is 1.85 bits per heavy atom. The number of carbonyl (C=O) groups excluding carboxylic acids is 1. The zero-order valence-corrected chi connectivity index (χ0v) is 17.3. The summed E-state index contributed by atoms with van der Waals surface area (Å²) in [6.45, 7) is 3.40. The van der Waals surface area contributed by atoms with Gasteiger partial charge in [-0.2, -0.15) is 0 Å². The topological polar surface area (TPSA) is 88.6 Å². The first-order valence-corrected chi connectivity index (χ1v) is 11.9. The number of hydrogen-bond donors (Lipinski definition) is 0. The molecule has 6 nitrogen and oxygen atoms in total. The molecule has 0 aliphatic heterocycles. The van der Waals surface area contributed by atoms with Crippen LogP contribution < -0.4 is 0 Å². The fraction of sp³-hybridized carbons (Fsp3) is 0.316. The second kappa shape index (κ2) is 7.82. The Hall–Kier alpha value is -2.19. The highest BCUT2D eigenvalue weighted by Gasteiger charge is 2.20. The molecule has 8 heteroatoms. The molecule has 2 rings (SSSR count). The van der Waals surface area contributed by atoms with Crippen molar-refractivity contribution in [3.63, 3.8) is 0 Å². The van der Waals surface area contributed by atoms with Crippen LogP contribution in [0.1, 0.15) is 35.8 Å². The smallest absolute Gasteiger partial charge is 0.254 e. The zero-order chi connectivity index (χ0) is 20.4. The fourth-order valence-electron chi connectivity index (χ4n) is 2.57. The second-order valence-electron chi connectivity index (χ2n) is 6.36. The van der Waals surface area contributed by atoms with Gasteiger partial charge in [-0.25, -0.2) is 16.8 Å². The fourth-order valence-corrected chi connectivity index (χ4v) is 4.08. The van der Waals surface area contributed by atoms with E-state index in [1.165, 1.54) is 41.3 Å². The molecule has 1 unspecified atom stereocenters. The molecule has 0 bridgehead atoms. The summed E-state index contributed by atoms with van der Waals surface area (Å²) < 4.78 is 46.8. The highest BCUT2D eigenvalue weighted by atomic mass is 32.2. The van der Waals surface area contributed by atoms with Gasteiger partial charge in [0.05, 0.1) is 21.6 Å². The number of carbonyl (C=O) groups is 1. The van der Waals surface area contributed by atoms with Crippen LogP contribution in [0, 0.1) is 0 Å². The van der Waals surface area contributed by atoms with Crippen LogP contribution in [0.4, 0.5) is 0 Å². The first-order valence-electron chi connectivity index (χ1n) is 8.37. The Balaban J connectivity index is 2.21. The summed E-state index contributed by atoms with van der Waals surface area (Å²) in [5.74, 6) is -0.254. The van der Waals surface area contributed by atoms with Crippen molar-refractivity contribution in [3.05, 3.63) is 59.7 Å². The van der Waals surface area contributed by atoms with Gasteiger partial charge in [-0.3, -0.25) is 4.79 Å². The predicted molar refractivity (Wildman–Crippen MR) is 104 cm³/mol. The molecule has 0 aliphatic rings. The molecule has 0 aliphatic carbocycles. The van der Waals surface area contributed by atoms with Crippen LogP contribution in [0.25, 0.3) is 0 Å². The van der Waals surface area contributed by atoms with E-state index in [2.05, 4.69) is 0 Å². The third-order valence-electron chi connectivity index (χ3n) is 4.53. The van der Waals surface area contributed by atoms with E-state index < -0.39 is 19.7 Å². The Morgan fingerprint density at radius 1 is 0.926 bits per heavy atom. The summed E-state index contributed by atoms with van der Waals surface area (Å²) in [4.78, 5) is 14.6. The van der Waals surface area contributed by atoms with E-state index in [-0.39, 0.29) is 27.5 Å². The van der Waals surface area contributed by atoms with E-state index in [1.807, 2.05) is 6.92 Å². The van der Waals surface area contributed by atoms with E-state index in [0.29, 0.717) is 5.56 Å². The Labute approximate surface area is 160 Å². The largest absolute Gasteiger partial charge is 0.335 e. The predicted octanol–water partition coefficient (Wildman–Crippen LogP) is 2.72. The molecule has 1 amide bonds. The highest BCUT2D eigenvalue weighted by molar-refractivity contribution is 7.91. The molecule has 27 heavy (non-hydrogen) atoms. The number of nitrogens with zero attached hydrogens (tertiary/aromatic N) is 1. The second-order valence-corrected chi connectivity index (χ2v) is 10.7. The lowest BCUT2D eigenvalue weighted by Crippen LogP contribution is -2.29. The third-order valence-corrected chi connectivity index (χ3v) is 7.41. The lowest BCUT2D eigenvalue weighted by Gasteiger charge is -2.25. The van der Waals surface area contributed by atoms with Crippen LogP contribution >= 0.6 is 0 Å². The van der Waals surface area contributed by atoms with Gasteiger partial charge in [0.25, 0.3) is 5.91 Å². The van der Waals surface area contributed by atoms with Crippen LogP contribution in [-0.4, -0.2) is 46.7 Å². The zero-order valence-electron chi connectivity index (χ0n) is 15.7. The molecule has 0 N–H and O–H groups in total. The molecule has 0 aromatic heterocycles. The van der Waals surface area contributed by atoms with Gasteiger partial charge in [0.2, 0.25) is 0 Å². The van der Waals surface area contributed by atoms with Crippen molar-refractivity contribution >= 4 is 25.6 Å². The molecule has 0 saturated heterocycles. The SMILES string of the molecule is CCS(=O)(=O)c1ccc(C(=O)N(C)C(C)c2ccc(S(C)(=O)=O)cc2)cc1. The van der Waals surface area contributed by atoms with Gasteiger partial charge >= 0.3 is 0 Å². The summed E-state index contributed by atoms with van der Waals surface area (Å²) >= 11 is 0. The first-order chi connectivity index (χ1) is 12.5. The maximum Gasteiger partial charge on any atom is 0.254 e. The van der Waals surface area contributed by atoms with Crippen LogP contribution in [0.5, 0.6) is 0 Å². The maximum absolute atomic E-state index is 12.7. The van der Waals surface area contributed by atoms with Crippen LogP contribution in [0.2, 0.25) is 0 Å². The van der Waals surface area contributed by atoms with Gasteiger partial charge in [-0.1, -0.05) is 19.1 Å². The summed E-state index contributed by atoms with van der Waals surface area (Å²) in [5, 5.41) is 0. The van der Waals surface area contributed by atoms with Crippen molar-refractivity contribution in [2.45, 2.75) is 29.7 Å². The highest BCUT2D eigenvalue weighted by Crippen LogP contribution is 2.23. The number of sulfone groups is 2. The molecule has 0 saturated carbocycles. The summed E-state index contributed by atoms with van der Waals surface area (Å²) in [5.41, 5.74) is 1.18. The summed E-state index contributed by atoms with van der Waals surface area (Å²) in [7, 11) is -4.94. The molecule has 1 atom stereocenters. The van der Waals surface area contributed by atoms with Crippen LogP contribution in [0.3, 0.4) is 0 Å². The van der Waals surface area contributed by atoms with Gasteiger partial charge in [-0.15, -0.1) is 0 Å². The van der Waals surface area contributed by atoms with Gasteiger partial charge in [-0.05, 0) is 48.9 Å². The lowest BCUT2D eigenvalue weighted by atomic mass is 10.1. The van der Waals surface area contributed by atoms with Crippen LogP contribution in [0.15, 0.2) is 58.3 Å². The Bertz CT molecular complexity index is 1020. The number of hydrogen-bond acceptors (Lipinski definition) is 5. The Morgan fingerprint density at radius 2 is 1.41 bits per heavy atom. The molecule has 0 radical (unpaired) electrons. The van der Waals surface area contributed by atoms with Gasteiger partial charge in [0, 0.05) is 18.9 Å². The molecule has 2 aromatic carbocycles. The van der Waals surface area contributed by atoms with Crippen molar-refractivity contribution in [3.8, 4) is 0 Å². The molecule has 0 fully saturated rings. The lowest BCUT2D eigenvalue weighted by molar-refractivity contribution is 0.0742. The molecule has 0 spiro atoms. The maximum atomic E-state index is 12.7. The third kappa shape index (κ3) is 4.75. The molecular weight excluding hydrogens is 386 g/mol. The molecule has 2 aromatic rings. The van der Waals surface area contributed by atoms with Crippen molar-refractivity contribution in [1.82, 2.24) is 4.90 Å². The standard InChI is InChI=1S/C19H23NO5S2/c1-5-27(24,25)18-12-8-16(9-13-18)19(21)20(3)14(2)15-6-10-17(11-7-15)26(4,22)23/h6-14H,5H2,1-4H3. The quantitative estimate of drug-likeness (QED) is 0.732. The molecule has 146 valence electrons. The molecule has 0 heterocycles. The van der Waals surface area contributed by atoms with Gasteiger partial charge in [0.15, 0.2) is 19.7 Å². The number of rotatable bonds is 6. The van der Waals surface area contributed by atoms with Gasteiger partial charge < -0.3 is 4.90 Å². The minimum absolute atomic E-state index is 0.000700. The van der Waals surface area contributed by atoms with Crippen molar-refractivity contribution < 1.29 is 21.6 Å². The first kappa shape index (κ1) is 21.1. The van der Waals surface area contributed by atoms with E-state index in [1.54, 1.807) is 26.1 Å². The molecular formula is C19H23NO5S2. The normalized spacial score (nSPS) is 13.2.